The van der Waals surface area contributed by atoms with E-state index in [1.165, 1.54) is 0 Å². The number of primary amides is 1. The lowest BCUT2D eigenvalue weighted by Crippen LogP contribution is -2.31. The SMILES string of the molecule is C=C1CC1NC(N)=O. The van der Waals surface area contributed by atoms with Crippen molar-refractivity contribution in [3.63, 3.8) is 0 Å². The molecule has 0 radical (unpaired) electrons. The van der Waals surface area contributed by atoms with Gasteiger partial charge in [-0.1, -0.05) is 12.2 Å². The number of amides is 2. The molecule has 0 aromatic rings. The Morgan fingerprint density at radius 1 is 2.00 bits per heavy atom. The van der Waals surface area contributed by atoms with Gasteiger partial charge in [0.15, 0.2) is 0 Å². The lowest BCUT2D eigenvalue weighted by molar-refractivity contribution is 0.249. The van der Waals surface area contributed by atoms with Crippen molar-refractivity contribution in [2.45, 2.75) is 12.5 Å². The van der Waals surface area contributed by atoms with Gasteiger partial charge in [0.2, 0.25) is 0 Å². The van der Waals surface area contributed by atoms with Gasteiger partial charge in [0.25, 0.3) is 0 Å². The maximum Gasteiger partial charge on any atom is 0.312 e. The monoisotopic (exact) mass is 112 g/mol. The van der Waals surface area contributed by atoms with E-state index in [2.05, 4.69) is 11.9 Å². The molecule has 0 bridgehead atoms. The molecule has 1 aliphatic carbocycles. The van der Waals surface area contributed by atoms with Crippen LogP contribution in [0.1, 0.15) is 6.42 Å². The predicted molar refractivity (Wildman–Crippen MR) is 30.3 cm³/mol. The van der Waals surface area contributed by atoms with Gasteiger partial charge in [0.05, 0.1) is 6.04 Å². The van der Waals surface area contributed by atoms with E-state index in [0.29, 0.717) is 0 Å². The minimum absolute atomic E-state index is 0.174. The first-order valence-electron chi connectivity index (χ1n) is 2.44. The molecule has 8 heavy (non-hydrogen) atoms. The van der Waals surface area contributed by atoms with Crippen LogP contribution >= 0.6 is 0 Å². The van der Waals surface area contributed by atoms with Gasteiger partial charge >= 0.3 is 6.03 Å². The highest BCUT2D eigenvalue weighted by molar-refractivity contribution is 5.73. The number of rotatable bonds is 1. The highest BCUT2D eigenvalue weighted by Crippen LogP contribution is 2.25. The maximum atomic E-state index is 10.1. The highest BCUT2D eigenvalue weighted by atomic mass is 16.2. The minimum atomic E-state index is -0.464. The second-order valence-electron chi connectivity index (χ2n) is 1.92. The molecule has 1 atom stereocenters. The van der Waals surface area contributed by atoms with Crippen LogP contribution in [0.15, 0.2) is 12.2 Å². The number of nitrogens with one attached hydrogen (secondary N) is 1. The number of urea groups is 1. The van der Waals surface area contributed by atoms with Gasteiger partial charge in [-0.25, -0.2) is 4.79 Å². The molecule has 2 amide bonds. The summed E-state index contributed by atoms with van der Waals surface area (Å²) in [6, 6.07) is -0.291. The first-order chi connectivity index (χ1) is 3.70. The van der Waals surface area contributed by atoms with E-state index in [0.717, 1.165) is 12.0 Å². The van der Waals surface area contributed by atoms with Gasteiger partial charge in [-0.15, -0.1) is 0 Å². The van der Waals surface area contributed by atoms with Gasteiger partial charge in [-0.05, 0) is 6.42 Å². The molecular formula is C5H8N2O. The van der Waals surface area contributed by atoms with Crippen molar-refractivity contribution >= 4 is 6.03 Å². The normalized spacial score (nSPS) is 25.0. The summed E-state index contributed by atoms with van der Waals surface area (Å²) in [5, 5.41) is 2.51. The molecular weight excluding hydrogens is 104 g/mol. The van der Waals surface area contributed by atoms with Gasteiger partial charge < -0.3 is 11.1 Å². The highest BCUT2D eigenvalue weighted by Gasteiger charge is 2.27. The van der Waals surface area contributed by atoms with Crippen molar-refractivity contribution in [2.75, 3.05) is 0 Å². The second-order valence-corrected chi connectivity index (χ2v) is 1.92. The van der Waals surface area contributed by atoms with Gasteiger partial charge in [-0.3, -0.25) is 0 Å². The largest absolute Gasteiger partial charge is 0.352 e. The molecule has 0 heterocycles. The van der Waals surface area contributed by atoms with Crippen molar-refractivity contribution in [3.8, 4) is 0 Å². The van der Waals surface area contributed by atoms with Crippen LogP contribution in [-0.2, 0) is 0 Å². The molecule has 0 spiro atoms. The van der Waals surface area contributed by atoms with Crippen LogP contribution in [0.3, 0.4) is 0 Å². The quantitative estimate of drug-likeness (QED) is 0.460. The lowest BCUT2D eigenvalue weighted by atomic mass is 10.6. The third kappa shape index (κ3) is 0.992. The summed E-state index contributed by atoms with van der Waals surface area (Å²) in [6.07, 6.45) is 0.892. The Labute approximate surface area is 47.6 Å². The van der Waals surface area contributed by atoms with E-state index in [9.17, 15) is 4.79 Å². The van der Waals surface area contributed by atoms with Crippen molar-refractivity contribution in [1.29, 1.82) is 0 Å². The van der Waals surface area contributed by atoms with Crippen molar-refractivity contribution < 1.29 is 4.79 Å². The average molecular weight is 112 g/mol. The van der Waals surface area contributed by atoms with Crippen molar-refractivity contribution in [2.24, 2.45) is 5.73 Å². The molecule has 3 heteroatoms. The van der Waals surface area contributed by atoms with Crippen LogP contribution in [0, 0.1) is 0 Å². The van der Waals surface area contributed by atoms with E-state index in [-0.39, 0.29) is 6.04 Å². The zero-order chi connectivity index (χ0) is 6.15. The molecule has 1 rings (SSSR count). The summed E-state index contributed by atoms with van der Waals surface area (Å²) in [5.41, 5.74) is 5.86. The molecule has 1 saturated carbocycles. The van der Waals surface area contributed by atoms with Crippen LogP contribution in [0.2, 0.25) is 0 Å². The topological polar surface area (TPSA) is 55.1 Å². The van der Waals surface area contributed by atoms with E-state index >= 15 is 0 Å². The van der Waals surface area contributed by atoms with Crippen LogP contribution in [-0.4, -0.2) is 12.1 Å². The Morgan fingerprint density at radius 3 is 2.62 bits per heavy atom. The van der Waals surface area contributed by atoms with E-state index < -0.39 is 6.03 Å². The Kier molecular flexibility index (Phi) is 0.970. The van der Waals surface area contributed by atoms with E-state index in [1.807, 2.05) is 0 Å². The number of hydrogen-bond acceptors (Lipinski definition) is 1. The molecule has 0 aliphatic heterocycles. The van der Waals surface area contributed by atoms with E-state index in [1.54, 1.807) is 0 Å². The summed E-state index contributed by atoms with van der Waals surface area (Å²) in [4.78, 5) is 10.1. The maximum absolute atomic E-state index is 10.1. The Hall–Kier alpha value is -0.990. The molecule has 1 fully saturated rings. The molecule has 0 aromatic carbocycles. The van der Waals surface area contributed by atoms with Crippen LogP contribution < -0.4 is 11.1 Å². The fraction of sp³-hybridized carbons (Fsp3) is 0.400. The first-order valence-corrected chi connectivity index (χ1v) is 2.44. The number of nitrogens with two attached hydrogens (primary N) is 1. The predicted octanol–water partition coefficient (Wildman–Crippen LogP) is -0.0168. The first kappa shape index (κ1) is 5.15. The van der Waals surface area contributed by atoms with Crippen LogP contribution in [0.4, 0.5) is 4.79 Å². The average Bonchev–Trinajstić information content (AvgIpc) is 2.17. The van der Waals surface area contributed by atoms with Crippen LogP contribution in [0.25, 0.3) is 0 Å². The van der Waals surface area contributed by atoms with Gasteiger partial charge in [0, 0.05) is 0 Å². The summed E-state index contributed by atoms with van der Waals surface area (Å²) in [7, 11) is 0. The number of carbonyl (C=O) groups excluding carboxylic acids is 1. The number of carbonyl (C=O) groups is 1. The summed E-state index contributed by atoms with van der Waals surface area (Å²) in [6.45, 7) is 3.63. The van der Waals surface area contributed by atoms with Crippen molar-refractivity contribution in [3.05, 3.63) is 12.2 Å². The standard InChI is InChI=1S/C5H8N2O/c1-3-2-4(3)7-5(6)8/h4H,1-2H2,(H3,6,7,8). The minimum Gasteiger partial charge on any atom is -0.352 e. The zero-order valence-electron chi connectivity index (χ0n) is 4.48. The van der Waals surface area contributed by atoms with Crippen molar-refractivity contribution in [1.82, 2.24) is 5.32 Å². The fourth-order valence-electron chi connectivity index (χ4n) is 0.528. The third-order valence-corrected chi connectivity index (χ3v) is 1.12. The molecule has 0 saturated heterocycles. The van der Waals surface area contributed by atoms with E-state index in [4.69, 9.17) is 5.73 Å². The Balaban J connectivity index is 2.23. The lowest BCUT2D eigenvalue weighted by Gasteiger charge is -1.92. The van der Waals surface area contributed by atoms with Gasteiger partial charge in [0.1, 0.15) is 0 Å². The number of hydrogen-bond donors (Lipinski definition) is 2. The summed E-state index contributed by atoms with van der Waals surface area (Å²) in [5.74, 6) is 0. The Bertz CT molecular complexity index is 141. The molecule has 0 aromatic heterocycles. The second kappa shape index (κ2) is 1.51. The molecule has 3 N–H and O–H groups in total. The fourth-order valence-corrected chi connectivity index (χ4v) is 0.528. The summed E-state index contributed by atoms with van der Waals surface area (Å²) >= 11 is 0. The molecule has 3 nitrogen and oxygen atoms in total. The van der Waals surface area contributed by atoms with Crippen LogP contribution in [0.5, 0.6) is 0 Å². The molecule has 1 aliphatic rings. The molecule has 44 valence electrons. The third-order valence-electron chi connectivity index (χ3n) is 1.12. The zero-order valence-corrected chi connectivity index (χ0v) is 4.48. The van der Waals surface area contributed by atoms with Gasteiger partial charge in [-0.2, -0.15) is 0 Å². The molecule has 1 unspecified atom stereocenters. The Morgan fingerprint density at radius 2 is 2.50 bits per heavy atom. The summed E-state index contributed by atoms with van der Waals surface area (Å²) < 4.78 is 0. The smallest absolute Gasteiger partial charge is 0.312 e.